The smallest absolute Gasteiger partial charge is 0.321 e. The number of piperidine rings is 1. The van der Waals surface area contributed by atoms with E-state index >= 15 is 0 Å². The first-order chi connectivity index (χ1) is 12.0. The van der Waals surface area contributed by atoms with E-state index in [4.69, 9.17) is 4.74 Å². The minimum Gasteiger partial charge on any atom is -0.474 e. The number of rotatable bonds is 5. The molecule has 136 valence electrons. The number of nitrogens with one attached hydrogen (secondary N) is 2. The van der Waals surface area contributed by atoms with Gasteiger partial charge in [0.1, 0.15) is 6.10 Å². The van der Waals surface area contributed by atoms with E-state index < -0.39 is 0 Å². The highest BCUT2D eigenvalue weighted by atomic mass is 16.5. The fraction of sp³-hybridized carbons (Fsp3) is 0.611. The van der Waals surface area contributed by atoms with Gasteiger partial charge in [0, 0.05) is 31.4 Å². The van der Waals surface area contributed by atoms with E-state index in [9.17, 15) is 9.59 Å². The van der Waals surface area contributed by atoms with Crippen molar-refractivity contribution in [1.82, 2.24) is 20.5 Å². The molecule has 0 spiro atoms. The highest BCUT2D eigenvalue weighted by molar-refractivity contribution is 5.97. The summed E-state index contributed by atoms with van der Waals surface area (Å²) < 4.78 is 5.91. The van der Waals surface area contributed by atoms with Gasteiger partial charge in [0.15, 0.2) is 0 Å². The molecule has 1 unspecified atom stereocenters. The molecule has 1 saturated heterocycles. The number of pyridine rings is 1. The van der Waals surface area contributed by atoms with Gasteiger partial charge in [-0.3, -0.25) is 15.0 Å². The van der Waals surface area contributed by atoms with Crippen LogP contribution in [0, 0.1) is 6.92 Å². The fourth-order valence-electron chi connectivity index (χ4n) is 2.91. The van der Waals surface area contributed by atoms with E-state index in [2.05, 4.69) is 20.5 Å². The number of nitrogens with zero attached hydrogens (tertiary/aromatic N) is 2. The van der Waals surface area contributed by atoms with E-state index in [1.807, 2.05) is 26.0 Å². The van der Waals surface area contributed by atoms with E-state index in [0.717, 1.165) is 44.3 Å². The van der Waals surface area contributed by atoms with Crippen LogP contribution in [0.4, 0.5) is 4.79 Å². The van der Waals surface area contributed by atoms with Crippen molar-refractivity contribution in [1.29, 1.82) is 0 Å². The maximum absolute atomic E-state index is 12.2. The first kappa shape index (κ1) is 17.7. The molecule has 25 heavy (non-hydrogen) atoms. The Morgan fingerprint density at radius 1 is 1.24 bits per heavy atom. The van der Waals surface area contributed by atoms with Gasteiger partial charge >= 0.3 is 6.03 Å². The first-order valence-corrected chi connectivity index (χ1v) is 8.96. The Morgan fingerprint density at radius 3 is 2.56 bits per heavy atom. The van der Waals surface area contributed by atoms with Gasteiger partial charge in [-0.1, -0.05) is 6.07 Å². The van der Waals surface area contributed by atoms with Gasteiger partial charge in [-0.25, -0.2) is 9.78 Å². The third-order valence-corrected chi connectivity index (χ3v) is 4.72. The molecule has 7 heteroatoms. The Morgan fingerprint density at radius 2 is 1.96 bits per heavy atom. The Bertz CT molecular complexity index is 607. The number of amides is 3. The van der Waals surface area contributed by atoms with E-state index in [-0.39, 0.29) is 30.1 Å². The molecule has 0 radical (unpaired) electrons. The van der Waals surface area contributed by atoms with E-state index in [1.165, 1.54) is 0 Å². The van der Waals surface area contributed by atoms with Crippen molar-refractivity contribution in [2.75, 3.05) is 13.1 Å². The zero-order valence-corrected chi connectivity index (χ0v) is 14.8. The van der Waals surface area contributed by atoms with Crippen molar-refractivity contribution in [3.05, 3.63) is 23.9 Å². The molecule has 7 nitrogen and oxygen atoms in total. The normalized spacial score (nSPS) is 19.9. The molecule has 1 atom stereocenters. The zero-order valence-electron chi connectivity index (χ0n) is 14.8. The molecule has 1 saturated carbocycles. The van der Waals surface area contributed by atoms with Crippen LogP contribution in [0.3, 0.4) is 0 Å². The molecule has 3 amide bonds. The Kier molecular flexibility index (Phi) is 5.53. The molecule has 0 bridgehead atoms. The van der Waals surface area contributed by atoms with Crippen LogP contribution in [0.5, 0.6) is 5.88 Å². The lowest BCUT2D eigenvalue weighted by Crippen LogP contribution is -2.52. The van der Waals surface area contributed by atoms with E-state index in [1.54, 1.807) is 6.20 Å². The summed E-state index contributed by atoms with van der Waals surface area (Å²) in [5, 5.41) is 5.20. The van der Waals surface area contributed by atoms with Crippen LogP contribution >= 0.6 is 0 Å². The fourth-order valence-corrected chi connectivity index (χ4v) is 2.91. The number of urea groups is 1. The standard InChI is InChI=1S/C18H26N4O3/c1-12-3-6-16(19-11-12)25-15-7-9-22(10-8-15)13(2)17(23)21-18(24)20-14-4-5-14/h3,6,11,13-15H,4-5,7-10H2,1-2H3,(H2,20,21,23,24). The number of carbonyl (C=O) groups is 2. The number of hydrogen-bond donors (Lipinski definition) is 2. The van der Waals surface area contributed by atoms with Crippen LogP contribution < -0.4 is 15.4 Å². The number of aryl methyl sites for hydroxylation is 1. The number of ether oxygens (including phenoxy) is 1. The van der Waals surface area contributed by atoms with Gasteiger partial charge in [0.05, 0.1) is 6.04 Å². The maximum Gasteiger partial charge on any atom is 0.321 e. The second kappa shape index (κ2) is 7.82. The largest absolute Gasteiger partial charge is 0.474 e. The van der Waals surface area contributed by atoms with Crippen molar-refractivity contribution < 1.29 is 14.3 Å². The highest BCUT2D eigenvalue weighted by Crippen LogP contribution is 2.19. The number of imide groups is 1. The lowest BCUT2D eigenvalue weighted by atomic mass is 10.1. The molecule has 1 aromatic rings. The van der Waals surface area contributed by atoms with E-state index in [0.29, 0.717) is 5.88 Å². The van der Waals surface area contributed by atoms with Crippen LogP contribution in [-0.4, -0.2) is 53.1 Å². The number of aromatic nitrogens is 1. The minimum atomic E-state index is -0.386. The van der Waals surface area contributed by atoms with Crippen LogP contribution in [0.1, 0.15) is 38.2 Å². The predicted octanol–water partition coefficient (Wildman–Crippen LogP) is 1.61. The van der Waals surface area contributed by atoms with Crippen molar-refractivity contribution in [3.63, 3.8) is 0 Å². The molecule has 2 fully saturated rings. The monoisotopic (exact) mass is 346 g/mol. The Hall–Kier alpha value is -2.15. The van der Waals surface area contributed by atoms with Gasteiger partial charge in [-0.2, -0.15) is 0 Å². The van der Waals surface area contributed by atoms with Crippen LogP contribution in [0.15, 0.2) is 18.3 Å². The topological polar surface area (TPSA) is 83.6 Å². The molecular formula is C18H26N4O3. The molecule has 2 heterocycles. The van der Waals surface area contributed by atoms with Crippen LogP contribution in [0.2, 0.25) is 0 Å². The molecule has 1 aromatic heterocycles. The average molecular weight is 346 g/mol. The third-order valence-electron chi connectivity index (χ3n) is 4.72. The number of hydrogen-bond acceptors (Lipinski definition) is 5. The molecule has 2 N–H and O–H groups in total. The number of likely N-dealkylation sites (tertiary alicyclic amines) is 1. The summed E-state index contributed by atoms with van der Waals surface area (Å²) in [4.78, 5) is 30.2. The SMILES string of the molecule is Cc1ccc(OC2CCN(C(C)C(=O)NC(=O)NC3CC3)CC2)nc1. The average Bonchev–Trinajstić information content (AvgIpc) is 3.40. The minimum absolute atomic E-state index is 0.111. The summed E-state index contributed by atoms with van der Waals surface area (Å²) >= 11 is 0. The van der Waals surface area contributed by atoms with Gasteiger partial charge in [0.25, 0.3) is 0 Å². The third kappa shape index (κ3) is 5.16. The van der Waals surface area contributed by atoms with Crippen LogP contribution in [0.25, 0.3) is 0 Å². The van der Waals surface area contributed by atoms with Crippen molar-refractivity contribution >= 4 is 11.9 Å². The Labute approximate surface area is 148 Å². The summed E-state index contributed by atoms with van der Waals surface area (Å²) in [6, 6.07) is 3.39. The summed E-state index contributed by atoms with van der Waals surface area (Å²) in [6.45, 7) is 5.35. The lowest BCUT2D eigenvalue weighted by molar-refractivity contribution is -0.125. The highest BCUT2D eigenvalue weighted by Gasteiger charge is 2.29. The quantitative estimate of drug-likeness (QED) is 0.846. The molecule has 0 aromatic carbocycles. The summed E-state index contributed by atoms with van der Waals surface area (Å²) in [6.07, 6.45) is 5.58. The molecule has 2 aliphatic rings. The van der Waals surface area contributed by atoms with Gasteiger partial charge in [-0.05, 0) is 45.1 Å². The van der Waals surface area contributed by atoms with Crippen molar-refractivity contribution in [3.8, 4) is 5.88 Å². The van der Waals surface area contributed by atoms with Gasteiger partial charge in [0.2, 0.25) is 11.8 Å². The summed E-state index contributed by atoms with van der Waals surface area (Å²) in [5.41, 5.74) is 1.10. The molecule has 3 rings (SSSR count). The Balaban J connectivity index is 1.41. The lowest BCUT2D eigenvalue weighted by Gasteiger charge is -2.35. The van der Waals surface area contributed by atoms with Crippen molar-refractivity contribution in [2.45, 2.75) is 57.7 Å². The van der Waals surface area contributed by atoms with Gasteiger partial charge in [-0.15, -0.1) is 0 Å². The predicted molar refractivity (Wildman–Crippen MR) is 93.4 cm³/mol. The molecular weight excluding hydrogens is 320 g/mol. The maximum atomic E-state index is 12.2. The summed E-state index contributed by atoms with van der Waals surface area (Å²) in [7, 11) is 0. The molecule has 1 aliphatic heterocycles. The van der Waals surface area contributed by atoms with Crippen LogP contribution in [-0.2, 0) is 4.79 Å². The molecule has 1 aliphatic carbocycles. The zero-order chi connectivity index (χ0) is 17.8. The summed E-state index contributed by atoms with van der Waals surface area (Å²) in [5.74, 6) is 0.393. The first-order valence-electron chi connectivity index (χ1n) is 8.96. The number of carbonyl (C=O) groups excluding carboxylic acids is 2. The van der Waals surface area contributed by atoms with Crippen molar-refractivity contribution in [2.24, 2.45) is 0 Å². The van der Waals surface area contributed by atoms with Gasteiger partial charge < -0.3 is 10.1 Å². The second-order valence-electron chi connectivity index (χ2n) is 6.94. The second-order valence-corrected chi connectivity index (χ2v) is 6.94.